The first kappa shape index (κ1) is 19.5. The van der Waals surface area contributed by atoms with Gasteiger partial charge in [0.05, 0.1) is 11.5 Å². The highest BCUT2D eigenvalue weighted by molar-refractivity contribution is 7.89. The highest BCUT2D eigenvalue weighted by Gasteiger charge is 2.33. The quantitative estimate of drug-likeness (QED) is 0.396. The molecule has 2 rings (SSSR count). The van der Waals surface area contributed by atoms with E-state index in [0.29, 0.717) is 5.56 Å². The lowest BCUT2D eigenvalue weighted by atomic mass is 10.2. The molecule has 8 nitrogen and oxygen atoms in total. The number of hydrogen-bond donors (Lipinski definition) is 0. The van der Waals surface area contributed by atoms with E-state index in [1.807, 2.05) is 0 Å². The minimum absolute atomic E-state index is 0.101. The second-order valence-corrected chi connectivity index (χ2v) is 7.19. The second-order valence-electron chi connectivity index (χ2n) is 5.29. The summed E-state index contributed by atoms with van der Waals surface area (Å²) in [6, 6.07) is 13.7. The smallest absolute Gasteiger partial charge is 0.321 e. The van der Waals surface area contributed by atoms with Gasteiger partial charge < -0.3 is 4.74 Å². The van der Waals surface area contributed by atoms with Crippen molar-refractivity contribution in [2.75, 3.05) is 13.2 Å². The van der Waals surface area contributed by atoms with Gasteiger partial charge in [0, 0.05) is 12.6 Å². The predicted octanol–water partition coefficient (Wildman–Crippen LogP) is 2.35. The van der Waals surface area contributed by atoms with Gasteiger partial charge in [0.25, 0.3) is 15.7 Å². The van der Waals surface area contributed by atoms with Crippen LogP contribution in [-0.4, -0.2) is 36.8 Å². The number of nitro groups is 1. The van der Waals surface area contributed by atoms with Crippen LogP contribution in [0.2, 0.25) is 0 Å². The van der Waals surface area contributed by atoms with Crippen LogP contribution in [0.4, 0.5) is 5.69 Å². The van der Waals surface area contributed by atoms with E-state index >= 15 is 0 Å². The Morgan fingerprint density at radius 1 is 1.12 bits per heavy atom. The van der Waals surface area contributed by atoms with E-state index in [0.717, 1.165) is 16.4 Å². The number of benzene rings is 2. The molecule has 0 fully saturated rings. The first-order valence-electron chi connectivity index (χ1n) is 7.79. The molecule has 0 heterocycles. The third kappa shape index (κ3) is 4.64. The summed E-state index contributed by atoms with van der Waals surface area (Å²) in [6.07, 6.45) is 0. The number of nitrogens with zero attached hydrogens (tertiary/aromatic N) is 2. The second kappa shape index (κ2) is 8.54. The van der Waals surface area contributed by atoms with Crippen molar-refractivity contribution < 1.29 is 22.9 Å². The number of rotatable bonds is 8. The lowest BCUT2D eigenvalue weighted by Crippen LogP contribution is -2.36. The van der Waals surface area contributed by atoms with E-state index in [-0.39, 0.29) is 13.2 Å². The molecule has 0 amide bonds. The molecule has 0 aliphatic heterocycles. The van der Waals surface area contributed by atoms with Gasteiger partial charge in [-0.15, -0.1) is 0 Å². The molecule has 2 aromatic carbocycles. The van der Waals surface area contributed by atoms with Crippen molar-refractivity contribution in [1.82, 2.24) is 4.31 Å². The third-order valence-electron chi connectivity index (χ3n) is 3.49. The van der Waals surface area contributed by atoms with Crippen molar-refractivity contribution in [3.05, 3.63) is 70.3 Å². The van der Waals surface area contributed by atoms with Gasteiger partial charge in [0.2, 0.25) is 0 Å². The Labute approximate surface area is 151 Å². The van der Waals surface area contributed by atoms with Gasteiger partial charge in [-0.25, -0.2) is 8.42 Å². The molecule has 9 heteroatoms. The molecule has 0 aromatic heterocycles. The van der Waals surface area contributed by atoms with Gasteiger partial charge in [-0.05, 0) is 18.6 Å². The summed E-state index contributed by atoms with van der Waals surface area (Å²) in [5, 5.41) is 11.2. The van der Waals surface area contributed by atoms with Crippen LogP contribution in [0.15, 0.2) is 59.5 Å². The van der Waals surface area contributed by atoms with E-state index < -0.39 is 38.0 Å². The third-order valence-corrected chi connectivity index (χ3v) is 5.33. The van der Waals surface area contributed by atoms with Crippen molar-refractivity contribution in [2.45, 2.75) is 18.4 Å². The molecule has 0 unspecified atom stereocenters. The van der Waals surface area contributed by atoms with Gasteiger partial charge in [-0.2, -0.15) is 4.31 Å². The summed E-state index contributed by atoms with van der Waals surface area (Å²) in [5.41, 5.74) is 0.0911. The van der Waals surface area contributed by atoms with Gasteiger partial charge in [-0.3, -0.25) is 14.9 Å². The fourth-order valence-electron chi connectivity index (χ4n) is 2.33. The van der Waals surface area contributed by atoms with Crippen LogP contribution >= 0.6 is 0 Å². The molecule has 0 aliphatic rings. The number of hydrogen-bond acceptors (Lipinski definition) is 6. The standard InChI is InChI=1S/C17H18N2O6S/c1-2-25-17(20)13-18(12-14-8-4-3-5-9-14)26(23,24)16-11-7-6-10-15(16)19(21)22/h3-11H,2,12-13H2,1H3. The summed E-state index contributed by atoms with van der Waals surface area (Å²) >= 11 is 0. The van der Waals surface area contributed by atoms with E-state index in [4.69, 9.17) is 4.74 Å². The maximum Gasteiger partial charge on any atom is 0.321 e. The Bertz CT molecular complexity index is 883. The maximum atomic E-state index is 13.0. The van der Waals surface area contributed by atoms with Crippen molar-refractivity contribution >= 4 is 21.7 Å². The Hall–Kier alpha value is -2.78. The van der Waals surface area contributed by atoms with Crippen LogP contribution in [0.3, 0.4) is 0 Å². The molecular weight excluding hydrogens is 360 g/mol. The minimum Gasteiger partial charge on any atom is -0.465 e. The van der Waals surface area contributed by atoms with Crippen LogP contribution < -0.4 is 0 Å². The van der Waals surface area contributed by atoms with E-state index in [2.05, 4.69) is 0 Å². The van der Waals surface area contributed by atoms with Crippen LogP contribution in [0.5, 0.6) is 0 Å². The zero-order valence-corrected chi connectivity index (χ0v) is 14.9. The Morgan fingerprint density at radius 3 is 2.35 bits per heavy atom. The monoisotopic (exact) mass is 378 g/mol. The topological polar surface area (TPSA) is 107 Å². The summed E-state index contributed by atoms with van der Waals surface area (Å²) in [4.78, 5) is 21.8. The van der Waals surface area contributed by atoms with Crippen molar-refractivity contribution in [1.29, 1.82) is 0 Å². The van der Waals surface area contributed by atoms with E-state index in [9.17, 15) is 23.3 Å². The molecule has 0 atom stereocenters. The lowest BCUT2D eigenvalue weighted by Gasteiger charge is -2.21. The van der Waals surface area contributed by atoms with Crippen LogP contribution in [-0.2, 0) is 26.1 Å². The number of sulfonamides is 1. The van der Waals surface area contributed by atoms with Gasteiger partial charge in [0.1, 0.15) is 6.54 Å². The van der Waals surface area contributed by atoms with Crippen molar-refractivity contribution in [2.24, 2.45) is 0 Å². The van der Waals surface area contributed by atoms with Crippen LogP contribution in [0, 0.1) is 10.1 Å². The molecule has 0 radical (unpaired) electrons. The molecule has 0 saturated heterocycles. The predicted molar refractivity (Wildman–Crippen MR) is 93.8 cm³/mol. The molecule has 138 valence electrons. The van der Waals surface area contributed by atoms with Crippen molar-refractivity contribution in [3.8, 4) is 0 Å². The summed E-state index contributed by atoms with van der Waals surface area (Å²) < 4.78 is 31.7. The fourth-order valence-corrected chi connectivity index (χ4v) is 3.86. The first-order valence-corrected chi connectivity index (χ1v) is 9.23. The average molecular weight is 378 g/mol. The molecular formula is C17H18N2O6S. The number of nitro benzene ring substituents is 1. The fraction of sp³-hybridized carbons (Fsp3) is 0.235. The van der Waals surface area contributed by atoms with Gasteiger partial charge in [0.15, 0.2) is 4.90 Å². The molecule has 0 aliphatic carbocycles. The highest BCUT2D eigenvalue weighted by atomic mass is 32.2. The van der Waals surface area contributed by atoms with Crippen molar-refractivity contribution in [3.63, 3.8) is 0 Å². The number of carbonyl (C=O) groups is 1. The van der Waals surface area contributed by atoms with Gasteiger partial charge >= 0.3 is 5.97 Å². The normalized spacial score (nSPS) is 11.3. The number of para-hydroxylation sites is 1. The lowest BCUT2D eigenvalue weighted by molar-refractivity contribution is -0.387. The zero-order valence-electron chi connectivity index (χ0n) is 14.1. The minimum atomic E-state index is -4.30. The Balaban J connectivity index is 2.45. The first-order chi connectivity index (χ1) is 12.4. The van der Waals surface area contributed by atoms with E-state index in [1.54, 1.807) is 37.3 Å². The summed E-state index contributed by atoms with van der Waals surface area (Å²) in [5.74, 6) is -0.731. The largest absolute Gasteiger partial charge is 0.465 e. The summed E-state index contributed by atoms with van der Waals surface area (Å²) in [7, 11) is -4.30. The van der Waals surface area contributed by atoms with Crippen LogP contribution in [0.25, 0.3) is 0 Å². The molecule has 2 aromatic rings. The van der Waals surface area contributed by atoms with Gasteiger partial charge in [-0.1, -0.05) is 42.5 Å². The molecule has 0 saturated carbocycles. The molecule has 0 N–H and O–H groups in total. The Morgan fingerprint density at radius 2 is 1.73 bits per heavy atom. The summed E-state index contributed by atoms with van der Waals surface area (Å²) in [6.45, 7) is 1.05. The average Bonchev–Trinajstić information content (AvgIpc) is 2.62. The van der Waals surface area contributed by atoms with E-state index in [1.165, 1.54) is 12.1 Å². The molecule has 0 bridgehead atoms. The number of esters is 1. The number of carbonyl (C=O) groups excluding carboxylic acids is 1. The molecule has 0 spiro atoms. The Kier molecular flexibility index (Phi) is 6.42. The zero-order chi connectivity index (χ0) is 19.2. The van der Waals surface area contributed by atoms with Crippen LogP contribution in [0.1, 0.15) is 12.5 Å². The highest BCUT2D eigenvalue weighted by Crippen LogP contribution is 2.27. The molecule has 26 heavy (non-hydrogen) atoms. The number of ether oxygens (including phenoxy) is 1. The maximum absolute atomic E-state index is 13.0. The SMILES string of the molecule is CCOC(=O)CN(Cc1ccccc1)S(=O)(=O)c1ccccc1[N+](=O)[O-].